The van der Waals surface area contributed by atoms with Crippen molar-refractivity contribution in [3.05, 3.63) is 0 Å². The molecule has 1 unspecified atom stereocenters. The average Bonchev–Trinajstić information content (AvgIpc) is 2.39. The zero-order valence-corrected chi connectivity index (χ0v) is 12.4. The Hall–Kier alpha value is -0.700. The zero-order valence-electron chi connectivity index (χ0n) is 11.6. The molecule has 0 amide bonds. The van der Waals surface area contributed by atoms with Crippen LogP contribution in [0.2, 0.25) is 0 Å². The highest BCUT2D eigenvalue weighted by atomic mass is 32.2. The average molecular weight is 294 g/mol. The van der Waals surface area contributed by atoms with Gasteiger partial charge in [-0.3, -0.25) is 4.79 Å². The smallest absolute Gasteiger partial charge is 0.321 e. The van der Waals surface area contributed by atoms with Crippen molar-refractivity contribution >= 4 is 16.2 Å². The van der Waals surface area contributed by atoms with Crippen LogP contribution >= 0.6 is 0 Å². The minimum absolute atomic E-state index is 0.128. The Morgan fingerprint density at radius 2 is 1.95 bits per heavy atom. The first-order valence-electron chi connectivity index (χ1n) is 6.37. The Labute approximate surface area is 114 Å². The number of carbonyl (C=O) groups is 1. The van der Waals surface area contributed by atoms with Crippen LogP contribution in [0.1, 0.15) is 26.7 Å². The molecular formula is C11H22N2O5S. The first kappa shape index (κ1) is 16.4. The van der Waals surface area contributed by atoms with Crippen LogP contribution in [0.3, 0.4) is 0 Å². The van der Waals surface area contributed by atoms with E-state index in [2.05, 4.69) is 0 Å². The molecule has 0 radical (unpaired) electrons. The van der Waals surface area contributed by atoms with Gasteiger partial charge >= 0.3 is 5.97 Å². The van der Waals surface area contributed by atoms with Gasteiger partial charge in [-0.25, -0.2) is 0 Å². The summed E-state index contributed by atoms with van der Waals surface area (Å²) in [6, 6.07) is -1.20. The molecule has 0 aromatic heterocycles. The fraction of sp³-hybridized carbons (Fsp3) is 0.909. The van der Waals surface area contributed by atoms with Crippen LogP contribution in [0, 0.1) is 0 Å². The van der Waals surface area contributed by atoms with E-state index >= 15 is 0 Å². The summed E-state index contributed by atoms with van der Waals surface area (Å²) >= 11 is 0. The van der Waals surface area contributed by atoms with E-state index in [9.17, 15) is 13.2 Å². The first-order chi connectivity index (χ1) is 8.82. The monoisotopic (exact) mass is 294 g/mol. The number of ether oxygens (including phenoxy) is 1. The van der Waals surface area contributed by atoms with E-state index in [4.69, 9.17) is 9.84 Å². The van der Waals surface area contributed by atoms with Crippen LogP contribution in [0.4, 0.5) is 0 Å². The molecule has 1 aliphatic heterocycles. The Balaban J connectivity index is 2.90. The van der Waals surface area contributed by atoms with E-state index in [-0.39, 0.29) is 12.6 Å². The number of carboxylic acids is 1. The van der Waals surface area contributed by atoms with Crippen molar-refractivity contribution in [2.45, 2.75) is 38.8 Å². The normalized spacial score (nSPS) is 19.8. The molecule has 19 heavy (non-hydrogen) atoms. The quantitative estimate of drug-likeness (QED) is 0.753. The summed E-state index contributed by atoms with van der Waals surface area (Å²) in [6.07, 6.45) is 1.27. The summed E-state index contributed by atoms with van der Waals surface area (Å²) in [7, 11) is -2.26. The van der Waals surface area contributed by atoms with Gasteiger partial charge in [-0.2, -0.15) is 17.0 Å². The zero-order chi connectivity index (χ0) is 14.6. The summed E-state index contributed by atoms with van der Waals surface area (Å²) in [5.41, 5.74) is 0. The Morgan fingerprint density at radius 1 is 1.42 bits per heavy atom. The molecule has 112 valence electrons. The third kappa shape index (κ3) is 3.65. The molecule has 0 aromatic carbocycles. The Kier molecular flexibility index (Phi) is 5.72. The molecule has 7 nitrogen and oxygen atoms in total. The van der Waals surface area contributed by atoms with E-state index in [1.807, 2.05) is 0 Å². The fourth-order valence-corrected chi connectivity index (χ4v) is 3.90. The van der Waals surface area contributed by atoms with Crippen molar-refractivity contribution < 1.29 is 23.1 Å². The molecule has 1 N–H and O–H groups in total. The van der Waals surface area contributed by atoms with Gasteiger partial charge in [-0.1, -0.05) is 6.92 Å². The molecular weight excluding hydrogens is 272 g/mol. The van der Waals surface area contributed by atoms with Crippen molar-refractivity contribution in [2.24, 2.45) is 0 Å². The van der Waals surface area contributed by atoms with Crippen LogP contribution in [0.5, 0.6) is 0 Å². The van der Waals surface area contributed by atoms with Crippen LogP contribution < -0.4 is 0 Å². The van der Waals surface area contributed by atoms with Gasteiger partial charge in [0, 0.05) is 32.8 Å². The lowest BCUT2D eigenvalue weighted by molar-refractivity contribution is -0.140. The molecule has 1 atom stereocenters. The van der Waals surface area contributed by atoms with Crippen molar-refractivity contribution in [1.29, 1.82) is 0 Å². The topological polar surface area (TPSA) is 87.2 Å². The van der Waals surface area contributed by atoms with E-state index in [0.717, 1.165) is 4.31 Å². The highest BCUT2D eigenvalue weighted by molar-refractivity contribution is 7.86. The molecule has 1 rings (SSSR count). The largest absolute Gasteiger partial charge is 0.480 e. The maximum absolute atomic E-state index is 12.5. The van der Waals surface area contributed by atoms with Crippen molar-refractivity contribution in [2.75, 3.05) is 26.8 Å². The summed E-state index contributed by atoms with van der Waals surface area (Å²) < 4.78 is 32.4. The molecule has 0 aromatic rings. The van der Waals surface area contributed by atoms with Gasteiger partial charge < -0.3 is 9.84 Å². The Morgan fingerprint density at radius 3 is 2.37 bits per heavy atom. The number of aliphatic carboxylic acids is 1. The lowest BCUT2D eigenvalue weighted by Gasteiger charge is -2.35. The number of nitrogens with zero attached hydrogens (tertiary/aromatic N) is 2. The molecule has 0 bridgehead atoms. The van der Waals surface area contributed by atoms with E-state index in [1.54, 1.807) is 6.92 Å². The third-order valence-electron chi connectivity index (χ3n) is 3.47. The highest BCUT2D eigenvalue weighted by Crippen LogP contribution is 2.20. The minimum Gasteiger partial charge on any atom is -0.480 e. The van der Waals surface area contributed by atoms with Gasteiger partial charge in [-0.15, -0.1) is 0 Å². The lowest BCUT2D eigenvalue weighted by Crippen LogP contribution is -2.52. The molecule has 8 heteroatoms. The first-order valence-corrected chi connectivity index (χ1v) is 7.77. The van der Waals surface area contributed by atoms with Crippen molar-refractivity contribution in [3.8, 4) is 0 Å². The maximum atomic E-state index is 12.5. The molecule has 0 spiro atoms. The predicted molar refractivity (Wildman–Crippen MR) is 70.0 cm³/mol. The maximum Gasteiger partial charge on any atom is 0.321 e. The number of hydrogen-bond donors (Lipinski definition) is 1. The summed E-state index contributed by atoms with van der Waals surface area (Å²) in [6.45, 7) is 4.20. The summed E-state index contributed by atoms with van der Waals surface area (Å²) in [4.78, 5) is 11.0. The molecule has 1 aliphatic rings. The fourth-order valence-electron chi connectivity index (χ4n) is 2.16. The molecule has 1 heterocycles. The second-order valence-corrected chi connectivity index (χ2v) is 6.53. The Bertz CT molecular complexity index is 405. The number of hydrogen-bond acceptors (Lipinski definition) is 4. The number of carboxylic acid groups (broad SMARTS) is 1. The SMILES string of the molecule is CCN(C(C)C(=O)O)S(=O)(=O)N(C)C1CCOCC1. The summed E-state index contributed by atoms with van der Waals surface area (Å²) in [5, 5.41) is 8.99. The second-order valence-electron chi connectivity index (χ2n) is 4.59. The van der Waals surface area contributed by atoms with Gasteiger partial charge in [0.1, 0.15) is 6.04 Å². The third-order valence-corrected chi connectivity index (χ3v) is 5.66. The second kappa shape index (κ2) is 6.65. The lowest BCUT2D eigenvalue weighted by atomic mass is 10.1. The van der Waals surface area contributed by atoms with Gasteiger partial charge in [0.15, 0.2) is 0 Å². The van der Waals surface area contributed by atoms with Crippen LogP contribution in [0.15, 0.2) is 0 Å². The summed E-state index contributed by atoms with van der Waals surface area (Å²) in [5.74, 6) is -1.15. The predicted octanol–water partition coefficient (Wildman–Crippen LogP) is 0.137. The highest BCUT2D eigenvalue weighted by Gasteiger charge is 2.36. The number of likely N-dealkylation sites (N-methyl/N-ethyl adjacent to an activating group) is 1. The molecule has 0 aliphatic carbocycles. The number of rotatable bonds is 6. The van der Waals surface area contributed by atoms with Crippen LogP contribution in [-0.2, 0) is 19.7 Å². The van der Waals surface area contributed by atoms with Gasteiger partial charge in [0.2, 0.25) is 0 Å². The van der Waals surface area contributed by atoms with Gasteiger partial charge in [-0.05, 0) is 19.8 Å². The van der Waals surface area contributed by atoms with Crippen molar-refractivity contribution in [3.63, 3.8) is 0 Å². The van der Waals surface area contributed by atoms with Crippen LogP contribution in [0.25, 0.3) is 0 Å². The van der Waals surface area contributed by atoms with E-state index in [1.165, 1.54) is 18.3 Å². The van der Waals surface area contributed by atoms with E-state index < -0.39 is 22.2 Å². The molecule has 0 saturated carbocycles. The molecule has 1 fully saturated rings. The van der Waals surface area contributed by atoms with Crippen molar-refractivity contribution in [1.82, 2.24) is 8.61 Å². The minimum atomic E-state index is -3.76. The van der Waals surface area contributed by atoms with Crippen LogP contribution in [-0.4, -0.2) is 67.0 Å². The van der Waals surface area contributed by atoms with Gasteiger partial charge in [0.25, 0.3) is 10.2 Å². The molecule has 1 saturated heterocycles. The van der Waals surface area contributed by atoms with E-state index in [0.29, 0.717) is 26.1 Å². The standard InChI is InChI=1S/C11H22N2O5S/c1-4-13(9(2)11(14)15)19(16,17)12(3)10-5-7-18-8-6-10/h9-10H,4-8H2,1-3H3,(H,14,15). The van der Waals surface area contributed by atoms with Gasteiger partial charge in [0.05, 0.1) is 0 Å².